The Hall–Kier alpha value is -3.29. The van der Waals surface area contributed by atoms with E-state index in [-0.39, 0.29) is 18.3 Å². The van der Waals surface area contributed by atoms with Crippen LogP contribution in [0.3, 0.4) is 0 Å². The summed E-state index contributed by atoms with van der Waals surface area (Å²) < 4.78 is 9.99. The molecule has 0 fully saturated rings. The van der Waals surface area contributed by atoms with Gasteiger partial charge in [-0.2, -0.15) is 4.98 Å². The van der Waals surface area contributed by atoms with E-state index in [9.17, 15) is 4.79 Å². The van der Waals surface area contributed by atoms with Gasteiger partial charge in [-0.05, 0) is 24.6 Å². The average molecular weight is 311 g/mol. The van der Waals surface area contributed by atoms with E-state index in [0.717, 1.165) is 5.56 Å². The fourth-order valence-electron chi connectivity index (χ4n) is 1.77. The van der Waals surface area contributed by atoms with Crippen molar-refractivity contribution in [3.63, 3.8) is 0 Å². The molecule has 3 aromatic rings. The highest BCUT2D eigenvalue weighted by Gasteiger charge is 2.12. The Bertz CT molecular complexity index is 823. The maximum atomic E-state index is 11.7. The van der Waals surface area contributed by atoms with E-state index in [2.05, 4.69) is 25.6 Å². The number of aromatic nitrogens is 4. The van der Waals surface area contributed by atoms with E-state index < -0.39 is 0 Å². The van der Waals surface area contributed by atoms with E-state index in [1.807, 2.05) is 6.07 Å². The molecule has 0 bridgehead atoms. The first-order chi connectivity index (χ1) is 11.2. The predicted molar refractivity (Wildman–Crippen MR) is 79.6 cm³/mol. The topological polar surface area (TPSA) is 107 Å². The molecule has 1 N–H and O–H groups in total. The molecule has 3 aromatic heterocycles. The Morgan fingerprint density at radius 3 is 3.00 bits per heavy atom. The lowest BCUT2D eigenvalue weighted by Gasteiger charge is -1.96. The maximum Gasteiger partial charge on any atom is 0.246 e. The van der Waals surface area contributed by atoms with Gasteiger partial charge in [0.05, 0.1) is 6.54 Å². The summed E-state index contributed by atoms with van der Waals surface area (Å²) >= 11 is 0. The van der Waals surface area contributed by atoms with Gasteiger partial charge in [0, 0.05) is 24.5 Å². The number of pyridine rings is 1. The van der Waals surface area contributed by atoms with Crippen molar-refractivity contribution in [3.8, 4) is 11.5 Å². The molecule has 0 spiro atoms. The second-order valence-electron chi connectivity index (χ2n) is 4.67. The molecule has 0 saturated heterocycles. The van der Waals surface area contributed by atoms with E-state index in [0.29, 0.717) is 17.3 Å². The Morgan fingerprint density at radius 1 is 1.35 bits per heavy atom. The molecule has 0 aliphatic heterocycles. The number of hydrogen-bond acceptors (Lipinski definition) is 7. The Kier molecular flexibility index (Phi) is 4.23. The van der Waals surface area contributed by atoms with Crippen molar-refractivity contribution in [2.24, 2.45) is 0 Å². The van der Waals surface area contributed by atoms with Crippen LogP contribution in [0.15, 0.2) is 45.7 Å². The molecule has 0 aliphatic rings. The lowest BCUT2D eigenvalue weighted by atomic mass is 10.2. The van der Waals surface area contributed by atoms with Crippen molar-refractivity contribution in [2.75, 3.05) is 0 Å². The fourth-order valence-corrected chi connectivity index (χ4v) is 1.77. The van der Waals surface area contributed by atoms with Crippen LogP contribution >= 0.6 is 0 Å². The fraction of sp³-hybridized carbons (Fsp3) is 0.133. The van der Waals surface area contributed by atoms with Crippen LogP contribution < -0.4 is 5.32 Å². The Morgan fingerprint density at radius 2 is 2.26 bits per heavy atom. The summed E-state index contributed by atoms with van der Waals surface area (Å²) in [7, 11) is 0. The molecule has 0 atom stereocenters. The summed E-state index contributed by atoms with van der Waals surface area (Å²) in [5, 5.41) is 10.2. The summed E-state index contributed by atoms with van der Waals surface area (Å²) in [6.45, 7) is 1.90. The van der Waals surface area contributed by atoms with Gasteiger partial charge in [0.1, 0.15) is 5.76 Å². The van der Waals surface area contributed by atoms with Crippen molar-refractivity contribution >= 4 is 12.0 Å². The minimum absolute atomic E-state index is 0.125. The number of aryl methyl sites for hydroxylation is 1. The highest BCUT2D eigenvalue weighted by atomic mass is 16.5. The standard InChI is InChI=1S/C15H13N5O3/c1-10-7-12(19-22-10)15-18-14(23-20-15)9-17-13(21)5-4-11-3-2-6-16-8-11/h2-8H,9H2,1H3,(H,17,21)/b5-4-. The molecule has 23 heavy (non-hydrogen) atoms. The molecule has 0 aliphatic carbocycles. The SMILES string of the molecule is Cc1cc(-c2noc(CNC(=O)/C=C\c3cccnc3)n2)no1. The number of hydrogen-bond donors (Lipinski definition) is 1. The van der Waals surface area contributed by atoms with Gasteiger partial charge in [0.25, 0.3) is 0 Å². The van der Waals surface area contributed by atoms with E-state index in [1.54, 1.807) is 37.5 Å². The first-order valence-corrected chi connectivity index (χ1v) is 6.83. The van der Waals surface area contributed by atoms with Crippen molar-refractivity contribution in [1.29, 1.82) is 0 Å². The van der Waals surface area contributed by atoms with Gasteiger partial charge in [-0.25, -0.2) is 0 Å². The van der Waals surface area contributed by atoms with E-state index >= 15 is 0 Å². The quantitative estimate of drug-likeness (QED) is 0.715. The first-order valence-electron chi connectivity index (χ1n) is 6.83. The van der Waals surface area contributed by atoms with Crippen LogP contribution in [0.25, 0.3) is 17.6 Å². The summed E-state index contributed by atoms with van der Waals surface area (Å²) in [6.07, 6.45) is 6.41. The number of nitrogens with one attached hydrogen (secondary N) is 1. The summed E-state index contributed by atoms with van der Waals surface area (Å²) in [6, 6.07) is 5.34. The summed E-state index contributed by atoms with van der Waals surface area (Å²) in [4.78, 5) is 19.8. The molecule has 0 saturated carbocycles. The highest BCUT2D eigenvalue weighted by Crippen LogP contribution is 2.14. The number of carbonyl (C=O) groups excluding carboxylic acids is 1. The van der Waals surface area contributed by atoms with Crippen molar-refractivity contribution in [2.45, 2.75) is 13.5 Å². The molecule has 0 unspecified atom stereocenters. The van der Waals surface area contributed by atoms with Crippen LogP contribution in [-0.4, -0.2) is 26.2 Å². The number of carbonyl (C=O) groups is 1. The molecule has 3 heterocycles. The van der Waals surface area contributed by atoms with Gasteiger partial charge in [0.15, 0.2) is 5.69 Å². The lowest BCUT2D eigenvalue weighted by molar-refractivity contribution is -0.116. The number of rotatable bonds is 5. The average Bonchev–Trinajstić information content (AvgIpc) is 3.20. The van der Waals surface area contributed by atoms with Gasteiger partial charge >= 0.3 is 0 Å². The first kappa shape index (κ1) is 14.6. The molecule has 8 heteroatoms. The zero-order chi connectivity index (χ0) is 16.1. The van der Waals surface area contributed by atoms with Crippen LogP contribution in [0.1, 0.15) is 17.2 Å². The minimum atomic E-state index is -0.272. The van der Waals surface area contributed by atoms with Crippen LogP contribution in [0, 0.1) is 6.92 Å². The van der Waals surface area contributed by atoms with Crippen molar-refractivity contribution in [3.05, 3.63) is 53.9 Å². The molecule has 116 valence electrons. The minimum Gasteiger partial charge on any atom is -0.361 e. The van der Waals surface area contributed by atoms with Crippen LogP contribution in [0.2, 0.25) is 0 Å². The van der Waals surface area contributed by atoms with Crippen LogP contribution in [0.4, 0.5) is 0 Å². The molecule has 0 radical (unpaired) electrons. The molecule has 8 nitrogen and oxygen atoms in total. The molecule has 0 aromatic carbocycles. The van der Waals surface area contributed by atoms with Gasteiger partial charge in [-0.3, -0.25) is 9.78 Å². The third-order valence-electron chi connectivity index (χ3n) is 2.85. The molecular formula is C15H13N5O3. The van der Waals surface area contributed by atoms with Gasteiger partial charge in [-0.15, -0.1) is 0 Å². The molecule has 1 amide bonds. The maximum absolute atomic E-state index is 11.7. The normalized spacial score (nSPS) is 11.0. The lowest BCUT2D eigenvalue weighted by Crippen LogP contribution is -2.20. The highest BCUT2D eigenvalue weighted by molar-refractivity contribution is 5.91. The second kappa shape index (κ2) is 6.65. The van der Waals surface area contributed by atoms with E-state index in [4.69, 9.17) is 9.05 Å². The summed E-state index contributed by atoms with van der Waals surface area (Å²) in [5.74, 6) is 0.979. The number of nitrogens with zero attached hydrogens (tertiary/aromatic N) is 4. The summed E-state index contributed by atoms with van der Waals surface area (Å²) in [5.41, 5.74) is 1.32. The Labute approximate surface area is 131 Å². The second-order valence-corrected chi connectivity index (χ2v) is 4.67. The smallest absolute Gasteiger partial charge is 0.246 e. The van der Waals surface area contributed by atoms with Gasteiger partial charge in [0.2, 0.25) is 17.6 Å². The Balaban J connectivity index is 1.55. The largest absolute Gasteiger partial charge is 0.361 e. The van der Waals surface area contributed by atoms with Crippen LogP contribution in [0.5, 0.6) is 0 Å². The zero-order valence-electron chi connectivity index (χ0n) is 12.3. The predicted octanol–water partition coefficient (Wildman–Crippen LogP) is 1.76. The van der Waals surface area contributed by atoms with Crippen LogP contribution in [-0.2, 0) is 11.3 Å². The van der Waals surface area contributed by atoms with Crippen molar-refractivity contribution < 1.29 is 13.8 Å². The number of amides is 1. The van der Waals surface area contributed by atoms with Gasteiger partial charge in [-0.1, -0.05) is 16.4 Å². The van der Waals surface area contributed by atoms with Crippen molar-refractivity contribution in [1.82, 2.24) is 25.6 Å². The molecular weight excluding hydrogens is 298 g/mol. The third kappa shape index (κ3) is 3.88. The third-order valence-corrected chi connectivity index (χ3v) is 2.85. The van der Waals surface area contributed by atoms with E-state index in [1.165, 1.54) is 6.08 Å². The monoisotopic (exact) mass is 311 g/mol. The molecule has 3 rings (SSSR count). The zero-order valence-corrected chi connectivity index (χ0v) is 12.3. The van der Waals surface area contributed by atoms with Gasteiger partial charge < -0.3 is 14.4 Å².